The highest BCUT2D eigenvalue weighted by Gasteiger charge is 2.10. The summed E-state index contributed by atoms with van der Waals surface area (Å²) in [5, 5.41) is 12.0. The molecule has 1 aromatic carbocycles. The summed E-state index contributed by atoms with van der Waals surface area (Å²) in [6.45, 7) is 0. The van der Waals surface area contributed by atoms with Crippen LogP contribution in [0.1, 0.15) is 5.56 Å². The average Bonchev–Trinajstić information content (AvgIpc) is 2.47. The molecule has 3 nitrogen and oxygen atoms in total. The second-order valence-electron chi connectivity index (χ2n) is 2.76. The molecule has 1 heterocycles. The quantitative estimate of drug-likeness (QED) is 0.460. The molecular weight excluding hydrogens is 251 g/mol. The number of benzene rings is 1. The lowest BCUT2D eigenvalue weighted by Crippen LogP contribution is -1.79. The minimum absolute atomic E-state index is 0.333. The number of nitrogens with zero attached hydrogens (tertiary/aromatic N) is 1. The number of aromatic nitrogens is 1. The van der Waals surface area contributed by atoms with Crippen molar-refractivity contribution >= 4 is 33.0 Å². The number of nitrogens with one attached hydrogen (secondary N) is 1. The van der Waals surface area contributed by atoms with Gasteiger partial charge in [-0.2, -0.15) is 0 Å². The predicted molar refractivity (Wildman–Crippen MR) is 55.3 cm³/mol. The Bertz CT molecular complexity index is 507. The molecule has 2 aromatic rings. The summed E-state index contributed by atoms with van der Waals surface area (Å²) < 4.78 is 13.9. The van der Waals surface area contributed by atoms with Gasteiger partial charge < -0.3 is 10.2 Å². The van der Waals surface area contributed by atoms with Gasteiger partial charge in [-0.15, -0.1) is 0 Å². The Morgan fingerprint density at radius 2 is 2.29 bits per heavy atom. The van der Waals surface area contributed by atoms with Crippen LogP contribution in [0.15, 0.2) is 28.0 Å². The minimum atomic E-state index is -0.333. The molecule has 2 rings (SSSR count). The third-order valence-corrected chi connectivity index (χ3v) is 2.59. The topological polar surface area (TPSA) is 48.4 Å². The van der Waals surface area contributed by atoms with Crippen molar-refractivity contribution < 1.29 is 9.60 Å². The number of para-hydroxylation sites is 1. The first-order valence-electron chi connectivity index (χ1n) is 3.87. The highest BCUT2D eigenvalue weighted by Crippen LogP contribution is 2.26. The number of oxime groups is 1. The van der Waals surface area contributed by atoms with Crippen molar-refractivity contribution in [3.63, 3.8) is 0 Å². The molecule has 1 aromatic heterocycles. The molecule has 0 saturated heterocycles. The second-order valence-corrected chi connectivity index (χ2v) is 3.55. The Morgan fingerprint density at radius 1 is 1.50 bits per heavy atom. The zero-order chi connectivity index (χ0) is 10.1. The molecule has 0 bridgehead atoms. The first-order chi connectivity index (χ1) is 6.74. The third kappa shape index (κ3) is 1.29. The summed E-state index contributed by atoms with van der Waals surface area (Å²) in [5.74, 6) is -0.333. The van der Waals surface area contributed by atoms with Crippen molar-refractivity contribution in [3.8, 4) is 0 Å². The van der Waals surface area contributed by atoms with Gasteiger partial charge in [0.2, 0.25) is 0 Å². The molecule has 0 aliphatic carbocycles. The van der Waals surface area contributed by atoms with E-state index < -0.39 is 0 Å². The fourth-order valence-corrected chi connectivity index (χ4v) is 1.87. The molecular formula is C9H6BrFN2O. The number of fused-ring (bicyclic) bond motifs is 1. The highest BCUT2D eigenvalue weighted by molar-refractivity contribution is 9.10. The van der Waals surface area contributed by atoms with Crippen LogP contribution in [0.3, 0.4) is 0 Å². The molecule has 0 saturated carbocycles. The summed E-state index contributed by atoms with van der Waals surface area (Å²) in [6, 6.07) is 4.72. The van der Waals surface area contributed by atoms with Gasteiger partial charge in [-0.1, -0.05) is 17.3 Å². The van der Waals surface area contributed by atoms with E-state index in [4.69, 9.17) is 5.21 Å². The molecule has 0 aliphatic rings. The van der Waals surface area contributed by atoms with Crippen molar-refractivity contribution in [3.05, 3.63) is 34.2 Å². The van der Waals surface area contributed by atoms with Crippen LogP contribution in [-0.4, -0.2) is 16.4 Å². The monoisotopic (exact) mass is 256 g/mol. The molecule has 0 spiro atoms. The first-order valence-corrected chi connectivity index (χ1v) is 4.66. The maximum absolute atomic E-state index is 13.3. The average molecular weight is 257 g/mol. The molecule has 0 unspecified atom stereocenters. The number of H-pyrrole nitrogens is 1. The second kappa shape index (κ2) is 3.42. The fraction of sp³-hybridized carbons (Fsp3) is 0. The van der Waals surface area contributed by atoms with Crippen LogP contribution >= 0.6 is 15.9 Å². The van der Waals surface area contributed by atoms with Gasteiger partial charge in [-0.25, -0.2) is 4.39 Å². The van der Waals surface area contributed by atoms with Crippen molar-refractivity contribution in [1.29, 1.82) is 0 Å². The largest absolute Gasteiger partial charge is 0.411 e. The van der Waals surface area contributed by atoms with Gasteiger partial charge >= 0.3 is 0 Å². The van der Waals surface area contributed by atoms with E-state index in [0.717, 1.165) is 0 Å². The van der Waals surface area contributed by atoms with Crippen LogP contribution in [0.4, 0.5) is 4.39 Å². The highest BCUT2D eigenvalue weighted by atomic mass is 79.9. The Morgan fingerprint density at radius 3 is 3.00 bits per heavy atom. The van der Waals surface area contributed by atoms with E-state index in [1.807, 2.05) is 0 Å². The van der Waals surface area contributed by atoms with Gasteiger partial charge in [0.1, 0.15) is 5.82 Å². The molecule has 0 aliphatic heterocycles. The number of aromatic amines is 1. The molecule has 72 valence electrons. The van der Waals surface area contributed by atoms with E-state index in [9.17, 15) is 4.39 Å². The van der Waals surface area contributed by atoms with E-state index in [0.29, 0.717) is 21.1 Å². The summed E-state index contributed by atoms with van der Waals surface area (Å²) in [4.78, 5) is 2.82. The summed E-state index contributed by atoms with van der Waals surface area (Å²) in [7, 11) is 0. The molecule has 14 heavy (non-hydrogen) atoms. The zero-order valence-corrected chi connectivity index (χ0v) is 8.55. The lowest BCUT2D eigenvalue weighted by atomic mass is 10.2. The molecule has 0 radical (unpaired) electrons. The SMILES string of the molecule is ON=Cc1c(Br)[nH]c2c(F)cccc12. The Kier molecular flexibility index (Phi) is 2.25. The van der Waals surface area contributed by atoms with Crippen LogP contribution in [0, 0.1) is 5.82 Å². The standard InChI is InChI=1S/C9H6BrFN2O/c10-9-6(4-12-14)5-2-1-3-7(11)8(5)13-9/h1-4,13-14H. The lowest BCUT2D eigenvalue weighted by Gasteiger charge is -1.91. The van der Waals surface area contributed by atoms with Crippen molar-refractivity contribution in [2.75, 3.05) is 0 Å². The predicted octanol–water partition coefficient (Wildman–Crippen LogP) is 2.88. The van der Waals surface area contributed by atoms with Gasteiger partial charge in [0.25, 0.3) is 0 Å². The van der Waals surface area contributed by atoms with Crippen molar-refractivity contribution in [2.24, 2.45) is 5.16 Å². The molecule has 0 amide bonds. The molecule has 2 N–H and O–H groups in total. The van der Waals surface area contributed by atoms with Crippen LogP contribution in [0.25, 0.3) is 10.9 Å². The van der Waals surface area contributed by atoms with Crippen molar-refractivity contribution in [2.45, 2.75) is 0 Å². The third-order valence-electron chi connectivity index (χ3n) is 1.96. The Labute approximate surface area is 87.4 Å². The van der Waals surface area contributed by atoms with E-state index in [1.54, 1.807) is 12.1 Å². The molecule has 0 atom stereocenters. The van der Waals surface area contributed by atoms with Gasteiger partial charge in [0.15, 0.2) is 0 Å². The van der Waals surface area contributed by atoms with E-state index in [2.05, 4.69) is 26.1 Å². The number of hydrogen-bond acceptors (Lipinski definition) is 2. The zero-order valence-electron chi connectivity index (χ0n) is 6.96. The van der Waals surface area contributed by atoms with Gasteiger partial charge in [0, 0.05) is 10.9 Å². The van der Waals surface area contributed by atoms with Crippen LogP contribution in [-0.2, 0) is 0 Å². The maximum atomic E-state index is 13.3. The van der Waals surface area contributed by atoms with Gasteiger partial charge in [-0.3, -0.25) is 0 Å². The summed E-state index contributed by atoms with van der Waals surface area (Å²) in [6.07, 6.45) is 1.25. The minimum Gasteiger partial charge on any atom is -0.411 e. The summed E-state index contributed by atoms with van der Waals surface area (Å²) >= 11 is 3.22. The van der Waals surface area contributed by atoms with Gasteiger partial charge in [-0.05, 0) is 22.0 Å². The maximum Gasteiger partial charge on any atom is 0.147 e. The number of rotatable bonds is 1. The molecule has 5 heteroatoms. The normalized spacial score (nSPS) is 11.6. The lowest BCUT2D eigenvalue weighted by molar-refractivity contribution is 0.322. The van der Waals surface area contributed by atoms with E-state index >= 15 is 0 Å². The Hall–Kier alpha value is -1.36. The number of hydrogen-bond donors (Lipinski definition) is 2. The summed E-state index contributed by atoms with van der Waals surface area (Å²) in [5.41, 5.74) is 1.02. The van der Waals surface area contributed by atoms with Crippen LogP contribution in [0.2, 0.25) is 0 Å². The molecule has 0 fully saturated rings. The fourth-order valence-electron chi connectivity index (χ4n) is 1.35. The first kappa shape index (κ1) is 9.21. The van der Waals surface area contributed by atoms with Crippen molar-refractivity contribution in [1.82, 2.24) is 4.98 Å². The van der Waals surface area contributed by atoms with E-state index in [1.165, 1.54) is 12.3 Å². The smallest absolute Gasteiger partial charge is 0.147 e. The van der Waals surface area contributed by atoms with Crippen LogP contribution < -0.4 is 0 Å². The Balaban J connectivity index is 2.83. The number of halogens is 2. The van der Waals surface area contributed by atoms with Crippen LogP contribution in [0.5, 0.6) is 0 Å². The van der Waals surface area contributed by atoms with E-state index in [-0.39, 0.29) is 5.82 Å². The van der Waals surface area contributed by atoms with Gasteiger partial charge in [0.05, 0.1) is 16.3 Å².